The van der Waals surface area contributed by atoms with Crippen LogP contribution in [0.5, 0.6) is 0 Å². The SMILES string of the molecule is CC(CNC(=O)NCc1cc(C#N)ccc1F)N1CCOCC1C. The number of nitriles is 1. The number of amides is 2. The van der Waals surface area contributed by atoms with E-state index in [1.54, 1.807) is 0 Å². The van der Waals surface area contributed by atoms with Gasteiger partial charge in [-0.1, -0.05) is 0 Å². The highest BCUT2D eigenvalue weighted by atomic mass is 19.1. The van der Waals surface area contributed by atoms with Gasteiger partial charge in [0.05, 0.1) is 24.8 Å². The lowest BCUT2D eigenvalue weighted by Gasteiger charge is -2.37. The molecule has 0 saturated carbocycles. The summed E-state index contributed by atoms with van der Waals surface area (Å²) in [5, 5.41) is 14.3. The smallest absolute Gasteiger partial charge is 0.315 e. The molecule has 24 heavy (non-hydrogen) atoms. The topological polar surface area (TPSA) is 77.4 Å². The monoisotopic (exact) mass is 334 g/mol. The van der Waals surface area contributed by atoms with Crippen LogP contribution in [0.1, 0.15) is 25.0 Å². The van der Waals surface area contributed by atoms with Gasteiger partial charge in [0.2, 0.25) is 0 Å². The minimum atomic E-state index is -0.440. The summed E-state index contributed by atoms with van der Waals surface area (Å²) in [4.78, 5) is 14.2. The molecule has 1 aliphatic heterocycles. The fourth-order valence-electron chi connectivity index (χ4n) is 2.77. The molecule has 0 bridgehead atoms. The van der Waals surface area contributed by atoms with Gasteiger partial charge in [0.25, 0.3) is 0 Å². The van der Waals surface area contributed by atoms with Crippen molar-refractivity contribution in [2.24, 2.45) is 0 Å². The van der Waals surface area contributed by atoms with Gasteiger partial charge in [0.15, 0.2) is 0 Å². The molecule has 1 aliphatic rings. The molecule has 7 heteroatoms. The highest BCUT2D eigenvalue weighted by Crippen LogP contribution is 2.11. The van der Waals surface area contributed by atoms with Crippen LogP contribution in [0.15, 0.2) is 18.2 Å². The lowest BCUT2D eigenvalue weighted by Crippen LogP contribution is -2.52. The molecule has 1 aromatic carbocycles. The number of nitrogens with zero attached hydrogens (tertiary/aromatic N) is 2. The molecule has 0 spiro atoms. The average Bonchev–Trinajstić information content (AvgIpc) is 2.59. The Hall–Kier alpha value is -2.17. The van der Waals surface area contributed by atoms with Gasteiger partial charge in [-0.05, 0) is 32.0 Å². The van der Waals surface area contributed by atoms with Crippen molar-refractivity contribution in [3.63, 3.8) is 0 Å². The van der Waals surface area contributed by atoms with Crippen molar-refractivity contribution in [2.75, 3.05) is 26.3 Å². The van der Waals surface area contributed by atoms with Gasteiger partial charge in [-0.2, -0.15) is 5.26 Å². The number of ether oxygens (including phenoxy) is 1. The van der Waals surface area contributed by atoms with Crippen LogP contribution in [0.3, 0.4) is 0 Å². The quantitative estimate of drug-likeness (QED) is 0.857. The van der Waals surface area contributed by atoms with E-state index in [2.05, 4.69) is 29.4 Å². The van der Waals surface area contributed by atoms with Gasteiger partial charge in [-0.15, -0.1) is 0 Å². The molecule has 2 amide bonds. The first-order valence-electron chi connectivity index (χ1n) is 8.05. The number of carbonyl (C=O) groups excluding carboxylic acids is 1. The molecule has 2 unspecified atom stereocenters. The Morgan fingerprint density at radius 3 is 3.04 bits per heavy atom. The summed E-state index contributed by atoms with van der Waals surface area (Å²) in [6.45, 7) is 6.93. The van der Waals surface area contributed by atoms with E-state index >= 15 is 0 Å². The van der Waals surface area contributed by atoms with Gasteiger partial charge >= 0.3 is 6.03 Å². The highest BCUT2D eigenvalue weighted by Gasteiger charge is 2.23. The summed E-state index contributed by atoms with van der Waals surface area (Å²) in [5.74, 6) is -0.440. The number of benzene rings is 1. The second-order valence-electron chi connectivity index (χ2n) is 5.99. The first kappa shape index (κ1) is 18.2. The molecule has 0 radical (unpaired) electrons. The minimum absolute atomic E-state index is 0.0372. The van der Waals surface area contributed by atoms with E-state index in [0.29, 0.717) is 36.9 Å². The van der Waals surface area contributed by atoms with Crippen molar-refractivity contribution in [3.05, 3.63) is 35.1 Å². The Kier molecular flexibility index (Phi) is 6.53. The molecule has 2 rings (SSSR count). The number of carbonyl (C=O) groups is 1. The second-order valence-corrected chi connectivity index (χ2v) is 5.99. The fourth-order valence-corrected chi connectivity index (χ4v) is 2.77. The van der Waals surface area contributed by atoms with Crippen molar-refractivity contribution < 1.29 is 13.9 Å². The average molecular weight is 334 g/mol. The Labute approximate surface area is 141 Å². The molecule has 1 heterocycles. The first-order valence-corrected chi connectivity index (χ1v) is 8.05. The Balaban J connectivity index is 1.78. The number of hydrogen-bond donors (Lipinski definition) is 2. The summed E-state index contributed by atoms with van der Waals surface area (Å²) < 4.78 is 19.1. The van der Waals surface area contributed by atoms with Gasteiger partial charge in [-0.25, -0.2) is 9.18 Å². The third-order valence-corrected chi connectivity index (χ3v) is 4.16. The van der Waals surface area contributed by atoms with E-state index in [1.165, 1.54) is 18.2 Å². The predicted octanol–water partition coefficient (Wildman–Crippen LogP) is 1.61. The van der Waals surface area contributed by atoms with E-state index in [9.17, 15) is 9.18 Å². The van der Waals surface area contributed by atoms with Crippen LogP contribution in [-0.2, 0) is 11.3 Å². The number of urea groups is 1. The van der Waals surface area contributed by atoms with Crippen LogP contribution in [0.25, 0.3) is 0 Å². The van der Waals surface area contributed by atoms with Crippen LogP contribution < -0.4 is 10.6 Å². The van der Waals surface area contributed by atoms with Gasteiger partial charge in [-0.3, -0.25) is 4.90 Å². The summed E-state index contributed by atoms with van der Waals surface area (Å²) in [6.07, 6.45) is 0. The molecule has 6 nitrogen and oxygen atoms in total. The van der Waals surface area contributed by atoms with Gasteiger partial charge in [0, 0.05) is 37.3 Å². The largest absolute Gasteiger partial charge is 0.379 e. The van der Waals surface area contributed by atoms with E-state index < -0.39 is 5.82 Å². The van der Waals surface area contributed by atoms with Crippen molar-refractivity contribution >= 4 is 6.03 Å². The van der Waals surface area contributed by atoms with Crippen LogP contribution in [0.2, 0.25) is 0 Å². The third-order valence-electron chi connectivity index (χ3n) is 4.16. The minimum Gasteiger partial charge on any atom is -0.379 e. The van der Waals surface area contributed by atoms with E-state index in [-0.39, 0.29) is 18.6 Å². The lowest BCUT2D eigenvalue weighted by atomic mass is 10.1. The van der Waals surface area contributed by atoms with Crippen LogP contribution >= 0.6 is 0 Å². The molecule has 1 fully saturated rings. The zero-order valence-corrected chi connectivity index (χ0v) is 14.0. The van der Waals surface area contributed by atoms with E-state index in [0.717, 1.165) is 6.54 Å². The summed E-state index contributed by atoms with van der Waals surface area (Å²) in [6, 6.07) is 6.18. The van der Waals surface area contributed by atoms with Crippen molar-refractivity contribution in [1.82, 2.24) is 15.5 Å². The summed E-state index contributed by atoms with van der Waals surface area (Å²) in [7, 11) is 0. The summed E-state index contributed by atoms with van der Waals surface area (Å²) in [5.41, 5.74) is 0.655. The molecule has 2 N–H and O–H groups in total. The third kappa shape index (κ3) is 4.91. The predicted molar refractivity (Wildman–Crippen MR) is 87.8 cm³/mol. The van der Waals surface area contributed by atoms with Crippen molar-refractivity contribution in [1.29, 1.82) is 5.26 Å². The summed E-state index contributed by atoms with van der Waals surface area (Å²) >= 11 is 0. The molecule has 0 aromatic heterocycles. The maximum absolute atomic E-state index is 13.7. The number of morpholine rings is 1. The first-order chi connectivity index (χ1) is 11.5. The molecular formula is C17H23FN4O2. The molecule has 1 aromatic rings. The normalized spacial score (nSPS) is 19.3. The number of rotatable bonds is 5. The Bertz CT molecular complexity index is 617. The van der Waals surface area contributed by atoms with Gasteiger partial charge < -0.3 is 15.4 Å². The maximum atomic E-state index is 13.7. The molecule has 130 valence electrons. The van der Waals surface area contributed by atoms with Crippen molar-refractivity contribution in [3.8, 4) is 6.07 Å². The van der Waals surface area contributed by atoms with E-state index in [1.807, 2.05) is 6.07 Å². The fraction of sp³-hybridized carbons (Fsp3) is 0.529. The Morgan fingerprint density at radius 2 is 2.33 bits per heavy atom. The lowest BCUT2D eigenvalue weighted by molar-refractivity contribution is -0.0176. The Morgan fingerprint density at radius 1 is 1.54 bits per heavy atom. The van der Waals surface area contributed by atoms with Crippen molar-refractivity contribution in [2.45, 2.75) is 32.5 Å². The number of nitrogens with one attached hydrogen (secondary N) is 2. The molecule has 2 atom stereocenters. The standard InChI is InChI=1S/C17H23FN4O2/c1-12(22-5-6-24-11-13(22)2)9-20-17(23)21-10-15-7-14(8-19)3-4-16(15)18/h3-4,7,12-13H,5-6,9-11H2,1-2H3,(H2,20,21,23). The van der Waals surface area contributed by atoms with Crippen LogP contribution in [-0.4, -0.2) is 49.3 Å². The molecule has 0 aliphatic carbocycles. The van der Waals surface area contributed by atoms with Gasteiger partial charge in [0.1, 0.15) is 5.82 Å². The molecule has 1 saturated heterocycles. The zero-order valence-electron chi connectivity index (χ0n) is 14.0. The number of hydrogen-bond acceptors (Lipinski definition) is 4. The second kappa shape index (κ2) is 8.62. The number of halogens is 1. The van der Waals surface area contributed by atoms with E-state index in [4.69, 9.17) is 10.00 Å². The van der Waals surface area contributed by atoms with Crippen LogP contribution in [0.4, 0.5) is 9.18 Å². The van der Waals surface area contributed by atoms with Crippen LogP contribution in [0, 0.1) is 17.1 Å². The maximum Gasteiger partial charge on any atom is 0.315 e. The molecular weight excluding hydrogens is 311 g/mol. The highest BCUT2D eigenvalue weighted by molar-refractivity contribution is 5.73. The zero-order chi connectivity index (χ0) is 17.5.